The van der Waals surface area contributed by atoms with Crippen LogP contribution in [0.15, 0.2) is 48.5 Å². The number of benzene rings is 2. The molecule has 0 aromatic heterocycles. The van der Waals surface area contributed by atoms with Crippen molar-refractivity contribution in [3.63, 3.8) is 0 Å². The minimum Gasteiger partial charge on any atom is -0.497 e. The van der Waals surface area contributed by atoms with Gasteiger partial charge in [0.15, 0.2) is 0 Å². The van der Waals surface area contributed by atoms with Gasteiger partial charge >= 0.3 is 18.1 Å². The molecule has 1 N–H and O–H groups in total. The van der Waals surface area contributed by atoms with Crippen molar-refractivity contribution in [3.8, 4) is 11.5 Å². The monoisotopic (exact) mass is 459 g/mol. The molecule has 0 spiro atoms. The average Bonchev–Trinajstić information content (AvgIpc) is 2.79. The summed E-state index contributed by atoms with van der Waals surface area (Å²) in [5, 5.41) is 2.68. The Balaban J connectivity index is 1.93. The Hall–Kier alpha value is -4.08. The molecule has 0 aliphatic carbocycles. The molecule has 0 aliphatic rings. The molecular weight excluding hydrogens is 434 g/mol. The summed E-state index contributed by atoms with van der Waals surface area (Å²) in [4.78, 5) is 46.8. The Morgan fingerprint density at radius 2 is 1.45 bits per heavy atom. The fraction of sp³-hybridized carbons (Fsp3) is 0.304. The highest BCUT2D eigenvalue weighted by molar-refractivity contribution is 5.85. The van der Waals surface area contributed by atoms with Crippen LogP contribution < -0.4 is 14.8 Å². The predicted octanol–water partition coefficient (Wildman–Crippen LogP) is 2.17. The average molecular weight is 459 g/mol. The number of carbonyl (C=O) groups excluding carboxylic acids is 4. The number of esters is 2. The smallest absolute Gasteiger partial charge is 0.497 e. The molecule has 0 saturated heterocycles. The van der Waals surface area contributed by atoms with Gasteiger partial charge in [-0.25, -0.2) is 9.59 Å². The maximum atomic E-state index is 12.4. The van der Waals surface area contributed by atoms with Crippen LogP contribution in [0.2, 0.25) is 0 Å². The van der Waals surface area contributed by atoms with E-state index < -0.39 is 30.9 Å². The van der Waals surface area contributed by atoms with Gasteiger partial charge in [0.05, 0.1) is 20.6 Å². The minimum atomic E-state index is -1.04. The van der Waals surface area contributed by atoms with Gasteiger partial charge in [-0.05, 0) is 35.4 Å². The van der Waals surface area contributed by atoms with Crippen molar-refractivity contribution in [1.29, 1.82) is 0 Å². The molecule has 0 bridgehead atoms. The van der Waals surface area contributed by atoms with Crippen LogP contribution in [0.3, 0.4) is 0 Å². The van der Waals surface area contributed by atoms with Crippen LogP contribution in [0.5, 0.6) is 11.5 Å². The van der Waals surface area contributed by atoms with Crippen molar-refractivity contribution in [2.45, 2.75) is 25.8 Å². The molecule has 1 atom stereocenters. The van der Waals surface area contributed by atoms with E-state index in [-0.39, 0.29) is 24.5 Å². The first-order valence-corrected chi connectivity index (χ1v) is 9.87. The van der Waals surface area contributed by atoms with Crippen LogP contribution in [0.1, 0.15) is 18.1 Å². The van der Waals surface area contributed by atoms with Gasteiger partial charge < -0.3 is 29.0 Å². The second-order valence-electron chi connectivity index (χ2n) is 6.77. The quantitative estimate of drug-likeness (QED) is 0.323. The van der Waals surface area contributed by atoms with E-state index in [1.807, 2.05) is 0 Å². The Morgan fingerprint density at radius 1 is 0.848 bits per heavy atom. The summed E-state index contributed by atoms with van der Waals surface area (Å²) in [5.74, 6) is -0.664. The van der Waals surface area contributed by atoms with Gasteiger partial charge in [-0.15, -0.1) is 0 Å². The summed E-state index contributed by atoms with van der Waals surface area (Å²) >= 11 is 0. The van der Waals surface area contributed by atoms with Crippen molar-refractivity contribution in [3.05, 3.63) is 59.7 Å². The number of ether oxygens (including phenoxy) is 5. The number of hydrogen-bond donors (Lipinski definition) is 1. The summed E-state index contributed by atoms with van der Waals surface area (Å²) in [6, 6.07) is 12.4. The molecule has 10 nitrogen and oxygen atoms in total. The van der Waals surface area contributed by atoms with E-state index in [9.17, 15) is 19.2 Å². The fourth-order valence-electron chi connectivity index (χ4n) is 2.73. The van der Waals surface area contributed by atoms with Crippen molar-refractivity contribution in [1.82, 2.24) is 5.32 Å². The molecule has 176 valence electrons. The maximum Gasteiger partial charge on any atom is 0.516 e. The molecule has 2 aromatic rings. The van der Waals surface area contributed by atoms with E-state index >= 15 is 0 Å². The zero-order chi connectivity index (χ0) is 24.2. The van der Waals surface area contributed by atoms with Crippen LogP contribution in [-0.2, 0) is 41.4 Å². The van der Waals surface area contributed by atoms with Crippen molar-refractivity contribution in [2.75, 3.05) is 21.0 Å². The van der Waals surface area contributed by atoms with E-state index in [2.05, 4.69) is 14.8 Å². The van der Waals surface area contributed by atoms with Crippen LogP contribution >= 0.6 is 0 Å². The first-order valence-electron chi connectivity index (χ1n) is 9.87. The molecular formula is C23H25NO9. The summed E-state index contributed by atoms with van der Waals surface area (Å²) in [7, 11) is 2.79. The Bertz CT molecular complexity index is 955. The molecule has 2 rings (SSSR count). The SMILES string of the molecule is COC(=O)C(Cc1ccc(OC(=O)OCOC(C)=O)cc1)NC(=O)Cc1ccc(OC)cc1. The maximum absolute atomic E-state index is 12.4. The van der Waals surface area contributed by atoms with Gasteiger partial charge in [0.1, 0.15) is 17.5 Å². The van der Waals surface area contributed by atoms with E-state index in [1.54, 1.807) is 43.5 Å². The van der Waals surface area contributed by atoms with E-state index in [4.69, 9.17) is 14.2 Å². The van der Waals surface area contributed by atoms with Crippen molar-refractivity contribution in [2.24, 2.45) is 0 Å². The molecule has 0 aliphatic heterocycles. The lowest BCUT2D eigenvalue weighted by Gasteiger charge is -2.17. The Labute approximate surface area is 190 Å². The third kappa shape index (κ3) is 8.90. The second-order valence-corrected chi connectivity index (χ2v) is 6.77. The number of methoxy groups -OCH3 is 2. The molecule has 0 saturated carbocycles. The molecule has 10 heteroatoms. The highest BCUT2D eigenvalue weighted by Crippen LogP contribution is 2.15. The third-order valence-corrected chi connectivity index (χ3v) is 4.35. The lowest BCUT2D eigenvalue weighted by Crippen LogP contribution is -2.43. The van der Waals surface area contributed by atoms with Crippen LogP contribution in [-0.4, -0.2) is 51.1 Å². The topological polar surface area (TPSA) is 126 Å². The molecule has 2 aromatic carbocycles. The number of hydrogen-bond acceptors (Lipinski definition) is 9. The van der Waals surface area contributed by atoms with Crippen molar-refractivity contribution >= 4 is 24.0 Å². The normalized spacial score (nSPS) is 11.0. The first kappa shape index (κ1) is 25.2. The number of amides is 1. The van der Waals surface area contributed by atoms with E-state index in [1.165, 1.54) is 26.2 Å². The third-order valence-electron chi connectivity index (χ3n) is 4.35. The summed E-state index contributed by atoms with van der Waals surface area (Å²) in [5.41, 5.74) is 1.45. The van der Waals surface area contributed by atoms with Crippen molar-refractivity contribution < 1.29 is 42.9 Å². The fourth-order valence-corrected chi connectivity index (χ4v) is 2.73. The lowest BCUT2D eigenvalue weighted by molar-refractivity contribution is -0.149. The minimum absolute atomic E-state index is 0.0831. The van der Waals surface area contributed by atoms with Gasteiger partial charge in [0, 0.05) is 13.3 Å². The molecule has 1 unspecified atom stereocenters. The van der Waals surface area contributed by atoms with Crippen LogP contribution in [0.25, 0.3) is 0 Å². The molecule has 0 heterocycles. The van der Waals surface area contributed by atoms with Gasteiger partial charge in [-0.1, -0.05) is 24.3 Å². The Kier molecular flexibility index (Phi) is 9.69. The van der Waals surface area contributed by atoms with Gasteiger partial charge in [-0.2, -0.15) is 0 Å². The van der Waals surface area contributed by atoms with E-state index in [0.717, 1.165) is 5.56 Å². The highest BCUT2D eigenvalue weighted by atomic mass is 16.8. The summed E-state index contributed by atoms with van der Waals surface area (Å²) < 4.78 is 23.9. The summed E-state index contributed by atoms with van der Waals surface area (Å²) in [6.45, 7) is 0.625. The van der Waals surface area contributed by atoms with Gasteiger partial charge in [0.25, 0.3) is 0 Å². The zero-order valence-corrected chi connectivity index (χ0v) is 18.5. The lowest BCUT2D eigenvalue weighted by atomic mass is 10.0. The number of nitrogens with one attached hydrogen (secondary N) is 1. The van der Waals surface area contributed by atoms with Gasteiger partial charge in [-0.3, -0.25) is 9.59 Å². The zero-order valence-electron chi connectivity index (χ0n) is 18.5. The summed E-state index contributed by atoms with van der Waals surface area (Å²) in [6.07, 6.45) is -0.792. The van der Waals surface area contributed by atoms with E-state index in [0.29, 0.717) is 11.3 Å². The predicted molar refractivity (Wildman–Crippen MR) is 115 cm³/mol. The number of carbonyl (C=O) groups is 4. The number of rotatable bonds is 10. The van der Waals surface area contributed by atoms with Gasteiger partial charge in [0.2, 0.25) is 12.7 Å². The molecule has 1 amide bonds. The standard InChI is InChI=1S/C23H25NO9/c1-15(25)31-14-32-23(28)33-19-10-6-16(7-11-19)12-20(22(27)30-3)24-21(26)13-17-4-8-18(29-2)9-5-17/h4-11,20H,12-14H2,1-3H3,(H,24,26). The van der Waals surface area contributed by atoms with Crippen LogP contribution in [0, 0.1) is 0 Å². The first-order chi connectivity index (χ1) is 15.8. The second kappa shape index (κ2) is 12.7. The highest BCUT2D eigenvalue weighted by Gasteiger charge is 2.22. The van der Waals surface area contributed by atoms with Crippen LogP contribution in [0.4, 0.5) is 4.79 Å². The molecule has 0 fully saturated rings. The Morgan fingerprint density at radius 3 is 2.03 bits per heavy atom. The molecule has 0 radical (unpaired) electrons. The largest absolute Gasteiger partial charge is 0.516 e. The molecule has 33 heavy (non-hydrogen) atoms.